The van der Waals surface area contributed by atoms with Crippen LogP contribution in [0.4, 0.5) is 0 Å². The highest BCUT2D eigenvalue weighted by atomic mass is 16.5. The fourth-order valence-electron chi connectivity index (χ4n) is 3.32. The predicted molar refractivity (Wildman–Crippen MR) is 86.3 cm³/mol. The van der Waals surface area contributed by atoms with Gasteiger partial charge in [0.1, 0.15) is 0 Å². The summed E-state index contributed by atoms with van der Waals surface area (Å²) in [4.78, 5) is 2.57. The molecule has 1 N–H and O–H groups in total. The molecular weight excluding hydrogens is 260 g/mol. The van der Waals surface area contributed by atoms with Crippen molar-refractivity contribution in [2.24, 2.45) is 5.92 Å². The molecule has 0 unspecified atom stereocenters. The third-order valence-corrected chi connectivity index (χ3v) is 4.76. The van der Waals surface area contributed by atoms with Crippen LogP contribution in [0.5, 0.6) is 0 Å². The first-order valence-electron chi connectivity index (χ1n) is 8.49. The summed E-state index contributed by atoms with van der Waals surface area (Å²) in [5, 5.41) is 3.61. The van der Waals surface area contributed by atoms with E-state index in [1.807, 2.05) is 0 Å². The Morgan fingerprint density at radius 1 is 1.10 bits per heavy atom. The van der Waals surface area contributed by atoms with E-state index in [0.717, 1.165) is 19.1 Å². The van der Waals surface area contributed by atoms with Gasteiger partial charge in [0, 0.05) is 13.1 Å². The van der Waals surface area contributed by atoms with Gasteiger partial charge in [-0.3, -0.25) is 0 Å². The maximum atomic E-state index is 5.95. The maximum absolute atomic E-state index is 5.95. The largest absolute Gasteiger partial charge is 0.374 e. The number of nitrogens with one attached hydrogen (secondary N) is 1. The van der Waals surface area contributed by atoms with Crippen LogP contribution < -0.4 is 5.32 Å². The smallest absolute Gasteiger partial charge is 0.0720 e. The van der Waals surface area contributed by atoms with Crippen molar-refractivity contribution in [2.75, 3.05) is 32.7 Å². The second-order valence-corrected chi connectivity index (χ2v) is 6.51. The highest BCUT2D eigenvalue weighted by Gasteiger charge is 2.29. The van der Waals surface area contributed by atoms with Crippen molar-refractivity contribution in [3.63, 3.8) is 0 Å². The summed E-state index contributed by atoms with van der Waals surface area (Å²) in [6.45, 7) is 6.91. The van der Waals surface area contributed by atoms with E-state index in [9.17, 15) is 0 Å². The molecule has 1 saturated carbocycles. The van der Waals surface area contributed by atoms with Gasteiger partial charge in [0.15, 0.2) is 0 Å². The summed E-state index contributed by atoms with van der Waals surface area (Å²) in [6, 6.07) is 10.5. The molecule has 0 amide bonds. The van der Waals surface area contributed by atoms with Crippen LogP contribution >= 0.6 is 0 Å². The first-order valence-corrected chi connectivity index (χ1v) is 8.49. The van der Waals surface area contributed by atoms with Crippen LogP contribution in [-0.2, 0) is 11.3 Å². The van der Waals surface area contributed by atoms with Gasteiger partial charge in [0.2, 0.25) is 0 Å². The first-order chi connectivity index (χ1) is 10.4. The Morgan fingerprint density at radius 2 is 1.86 bits per heavy atom. The molecular formula is C18H28N2O. The van der Waals surface area contributed by atoms with Crippen molar-refractivity contribution < 1.29 is 4.74 Å². The third kappa shape index (κ3) is 4.80. The molecule has 2 fully saturated rings. The van der Waals surface area contributed by atoms with E-state index in [1.54, 1.807) is 0 Å². The molecule has 1 heterocycles. The van der Waals surface area contributed by atoms with Crippen LogP contribution in [0.2, 0.25) is 0 Å². The first kappa shape index (κ1) is 15.0. The Balaban J connectivity index is 1.20. The number of hydrogen-bond acceptors (Lipinski definition) is 3. The van der Waals surface area contributed by atoms with Crippen molar-refractivity contribution in [2.45, 2.75) is 38.4 Å². The van der Waals surface area contributed by atoms with Crippen LogP contribution in [0.15, 0.2) is 30.3 Å². The molecule has 0 atom stereocenters. The predicted octanol–water partition coefficient (Wildman–Crippen LogP) is 2.67. The van der Waals surface area contributed by atoms with Crippen molar-refractivity contribution >= 4 is 0 Å². The van der Waals surface area contributed by atoms with Gasteiger partial charge in [0.25, 0.3) is 0 Å². The van der Waals surface area contributed by atoms with E-state index in [0.29, 0.717) is 6.10 Å². The summed E-state index contributed by atoms with van der Waals surface area (Å²) < 4.78 is 5.95. The van der Waals surface area contributed by atoms with E-state index in [-0.39, 0.29) is 0 Å². The Bertz CT molecular complexity index is 397. The number of nitrogens with zero attached hydrogens (tertiary/aromatic N) is 1. The lowest BCUT2D eigenvalue weighted by Crippen LogP contribution is -2.39. The number of benzene rings is 1. The molecule has 1 aromatic carbocycles. The molecule has 3 nitrogen and oxygen atoms in total. The monoisotopic (exact) mass is 288 g/mol. The molecule has 3 rings (SSSR count). The van der Waals surface area contributed by atoms with E-state index in [2.05, 4.69) is 40.5 Å². The van der Waals surface area contributed by atoms with Crippen LogP contribution in [0, 0.1) is 5.92 Å². The van der Waals surface area contributed by atoms with Crippen LogP contribution in [0.25, 0.3) is 0 Å². The lowest BCUT2D eigenvalue weighted by Gasteiger charge is -2.35. The molecule has 0 radical (unpaired) electrons. The second kappa shape index (κ2) is 7.92. The SMILES string of the molecule is c1ccc(COC2CC(CNCCN3CCCC3)C2)cc1. The zero-order valence-electron chi connectivity index (χ0n) is 13.0. The van der Waals surface area contributed by atoms with Gasteiger partial charge < -0.3 is 15.0 Å². The molecule has 0 spiro atoms. The molecule has 0 bridgehead atoms. The summed E-state index contributed by atoms with van der Waals surface area (Å²) in [6.07, 6.45) is 5.72. The summed E-state index contributed by atoms with van der Waals surface area (Å²) >= 11 is 0. The third-order valence-electron chi connectivity index (χ3n) is 4.76. The standard InChI is InChI=1S/C18H28N2O/c1-2-6-16(7-3-1)15-21-18-12-17(13-18)14-19-8-11-20-9-4-5-10-20/h1-3,6-7,17-19H,4-5,8-15H2. The lowest BCUT2D eigenvalue weighted by atomic mass is 9.82. The topological polar surface area (TPSA) is 24.5 Å². The van der Waals surface area contributed by atoms with Crippen LogP contribution in [0.3, 0.4) is 0 Å². The van der Waals surface area contributed by atoms with Crippen molar-refractivity contribution in [1.29, 1.82) is 0 Å². The van der Waals surface area contributed by atoms with Crippen LogP contribution in [0.1, 0.15) is 31.2 Å². The minimum absolute atomic E-state index is 0.482. The zero-order valence-corrected chi connectivity index (χ0v) is 13.0. The van der Waals surface area contributed by atoms with E-state index >= 15 is 0 Å². The molecule has 21 heavy (non-hydrogen) atoms. The average Bonchev–Trinajstić information content (AvgIpc) is 2.98. The summed E-state index contributed by atoms with van der Waals surface area (Å²) in [7, 11) is 0. The number of likely N-dealkylation sites (tertiary alicyclic amines) is 1. The second-order valence-electron chi connectivity index (χ2n) is 6.51. The van der Waals surface area contributed by atoms with E-state index in [4.69, 9.17) is 4.74 Å². The van der Waals surface area contributed by atoms with Gasteiger partial charge >= 0.3 is 0 Å². The number of ether oxygens (including phenoxy) is 1. The Kier molecular flexibility index (Phi) is 5.67. The Hall–Kier alpha value is -0.900. The molecule has 3 heteroatoms. The summed E-state index contributed by atoms with van der Waals surface area (Å²) in [5.74, 6) is 0.823. The molecule has 1 saturated heterocycles. The van der Waals surface area contributed by atoms with Crippen molar-refractivity contribution in [3.05, 3.63) is 35.9 Å². The molecule has 116 valence electrons. The Morgan fingerprint density at radius 3 is 2.62 bits per heavy atom. The average molecular weight is 288 g/mol. The van der Waals surface area contributed by atoms with E-state index in [1.165, 1.54) is 57.4 Å². The van der Waals surface area contributed by atoms with Gasteiger partial charge in [0.05, 0.1) is 12.7 Å². The van der Waals surface area contributed by atoms with Gasteiger partial charge in [-0.05, 0) is 56.8 Å². The van der Waals surface area contributed by atoms with E-state index < -0.39 is 0 Å². The highest BCUT2D eigenvalue weighted by Crippen LogP contribution is 2.30. The molecule has 2 aliphatic rings. The van der Waals surface area contributed by atoms with Gasteiger partial charge in [-0.25, -0.2) is 0 Å². The van der Waals surface area contributed by atoms with Crippen molar-refractivity contribution in [3.8, 4) is 0 Å². The highest BCUT2D eigenvalue weighted by molar-refractivity contribution is 5.13. The fraction of sp³-hybridized carbons (Fsp3) is 0.667. The minimum atomic E-state index is 0.482. The normalized spacial score (nSPS) is 25.9. The lowest BCUT2D eigenvalue weighted by molar-refractivity contribution is -0.0395. The molecule has 1 aliphatic heterocycles. The maximum Gasteiger partial charge on any atom is 0.0720 e. The number of rotatable bonds is 8. The van der Waals surface area contributed by atoms with Gasteiger partial charge in [-0.15, -0.1) is 0 Å². The van der Waals surface area contributed by atoms with Crippen molar-refractivity contribution in [1.82, 2.24) is 10.2 Å². The molecule has 1 aromatic rings. The quantitative estimate of drug-likeness (QED) is 0.744. The molecule has 1 aliphatic carbocycles. The number of hydrogen-bond donors (Lipinski definition) is 1. The summed E-state index contributed by atoms with van der Waals surface area (Å²) in [5.41, 5.74) is 1.28. The van der Waals surface area contributed by atoms with Gasteiger partial charge in [-0.1, -0.05) is 30.3 Å². The minimum Gasteiger partial charge on any atom is -0.374 e. The zero-order chi connectivity index (χ0) is 14.3. The molecule has 0 aromatic heterocycles. The van der Waals surface area contributed by atoms with Crippen LogP contribution in [-0.4, -0.2) is 43.7 Å². The Labute approximate surface area is 128 Å². The fourth-order valence-corrected chi connectivity index (χ4v) is 3.32. The van der Waals surface area contributed by atoms with Gasteiger partial charge in [-0.2, -0.15) is 0 Å².